The van der Waals surface area contributed by atoms with Gasteiger partial charge < -0.3 is 10.1 Å². The Morgan fingerprint density at radius 3 is 2.41 bits per heavy atom. The summed E-state index contributed by atoms with van der Waals surface area (Å²) in [6, 6.07) is 15.2. The predicted molar refractivity (Wildman–Crippen MR) is 115 cm³/mol. The molecule has 2 aromatic carbocycles. The van der Waals surface area contributed by atoms with Crippen LogP contribution in [0.2, 0.25) is 0 Å². The second kappa shape index (κ2) is 8.39. The number of hydrogen-bond acceptors (Lipinski definition) is 3. The highest BCUT2D eigenvalue weighted by molar-refractivity contribution is 5.94. The van der Waals surface area contributed by atoms with Gasteiger partial charge in [0.25, 0.3) is 11.5 Å². The van der Waals surface area contributed by atoms with Crippen LogP contribution in [0.3, 0.4) is 0 Å². The molecule has 152 valence electrons. The highest BCUT2D eigenvalue weighted by atomic mass is 16.5. The fourth-order valence-corrected chi connectivity index (χ4v) is 3.32. The summed E-state index contributed by atoms with van der Waals surface area (Å²) in [5.74, 6) is 0.336. The molecule has 0 saturated carbocycles. The number of nitrogens with one attached hydrogen (secondary N) is 1. The van der Waals surface area contributed by atoms with E-state index in [1.54, 1.807) is 11.7 Å². The summed E-state index contributed by atoms with van der Waals surface area (Å²) in [5, 5.41) is 2.79. The van der Waals surface area contributed by atoms with Gasteiger partial charge in [-0.3, -0.25) is 14.3 Å². The number of nitrogens with zero attached hydrogens (tertiary/aromatic N) is 2. The SMILES string of the molecule is CC[C@@H](Oc1ccc(C)cc1C)C(=O)Nc1c(C)n(C)n(-c2ccccc2)c1=O. The van der Waals surface area contributed by atoms with Crippen molar-refractivity contribution in [3.05, 3.63) is 75.7 Å². The van der Waals surface area contributed by atoms with Crippen LogP contribution in [0, 0.1) is 20.8 Å². The van der Waals surface area contributed by atoms with Crippen molar-refractivity contribution in [2.75, 3.05) is 5.32 Å². The van der Waals surface area contributed by atoms with Crippen LogP contribution < -0.4 is 15.6 Å². The first-order valence-electron chi connectivity index (χ1n) is 9.72. The molecule has 29 heavy (non-hydrogen) atoms. The van der Waals surface area contributed by atoms with Gasteiger partial charge in [-0.1, -0.05) is 42.8 Å². The number of aryl methyl sites for hydroxylation is 2. The summed E-state index contributed by atoms with van der Waals surface area (Å²) >= 11 is 0. The average Bonchev–Trinajstić information content (AvgIpc) is 2.91. The first kappa shape index (κ1) is 20.5. The zero-order valence-electron chi connectivity index (χ0n) is 17.5. The maximum absolute atomic E-state index is 13.0. The van der Waals surface area contributed by atoms with Crippen molar-refractivity contribution in [1.29, 1.82) is 0 Å². The van der Waals surface area contributed by atoms with Gasteiger partial charge in [0.2, 0.25) is 0 Å². The van der Waals surface area contributed by atoms with Crippen LogP contribution in [0.1, 0.15) is 30.2 Å². The Kier molecular flexibility index (Phi) is 5.92. The minimum atomic E-state index is -0.694. The van der Waals surface area contributed by atoms with Crippen LogP contribution in [0.5, 0.6) is 5.75 Å². The molecule has 1 amide bonds. The lowest BCUT2D eigenvalue weighted by atomic mass is 10.1. The average molecular weight is 393 g/mol. The fourth-order valence-electron chi connectivity index (χ4n) is 3.32. The lowest BCUT2D eigenvalue weighted by Crippen LogP contribution is -2.34. The normalized spacial score (nSPS) is 11.9. The zero-order chi connectivity index (χ0) is 21.1. The molecule has 6 nitrogen and oxygen atoms in total. The highest BCUT2D eigenvalue weighted by Gasteiger charge is 2.24. The molecule has 3 rings (SSSR count). The van der Waals surface area contributed by atoms with E-state index in [0.717, 1.165) is 16.8 Å². The van der Waals surface area contributed by atoms with E-state index in [4.69, 9.17) is 4.74 Å². The number of hydrogen-bond donors (Lipinski definition) is 1. The largest absolute Gasteiger partial charge is 0.480 e. The molecule has 0 bridgehead atoms. The molecule has 0 aliphatic rings. The molecule has 0 aliphatic carbocycles. The Hall–Kier alpha value is -3.28. The fraction of sp³-hybridized carbons (Fsp3) is 0.304. The topological polar surface area (TPSA) is 65.3 Å². The van der Waals surface area contributed by atoms with E-state index in [1.165, 1.54) is 4.68 Å². The number of carbonyl (C=O) groups excluding carboxylic acids is 1. The quantitative estimate of drug-likeness (QED) is 0.691. The first-order valence-corrected chi connectivity index (χ1v) is 9.72. The molecule has 6 heteroatoms. The summed E-state index contributed by atoms with van der Waals surface area (Å²) in [5.41, 5.74) is 3.51. The third kappa shape index (κ3) is 4.11. The van der Waals surface area contributed by atoms with Crippen molar-refractivity contribution >= 4 is 11.6 Å². The second-order valence-corrected chi connectivity index (χ2v) is 7.21. The van der Waals surface area contributed by atoms with Crippen LogP contribution in [0.15, 0.2) is 53.3 Å². The van der Waals surface area contributed by atoms with E-state index in [2.05, 4.69) is 5.32 Å². The number of para-hydroxylation sites is 1. The molecule has 1 atom stereocenters. The molecule has 0 aliphatic heterocycles. The summed E-state index contributed by atoms with van der Waals surface area (Å²) < 4.78 is 9.23. The van der Waals surface area contributed by atoms with Crippen molar-refractivity contribution in [2.45, 2.75) is 40.2 Å². The number of amides is 1. The van der Waals surface area contributed by atoms with Gasteiger partial charge in [0.05, 0.1) is 11.4 Å². The van der Waals surface area contributed by atoms with E-state index >= 15 is 0 Å². The van der Waals surface area contributed by atoms with Gasteiger partial charge in [0.15, 0.2) is 6.10 Å². The van der Waals surface area contributed by atoms with Gasteiger partial charge in [-0.05, 0) is 51.0 Å². The maximum Gasteiger partial charge on any atom is 0.295 e. The molecule has 0 spiro atoms. The van der Waals surface area contributed by atoms with Crippen LogP contribution in [-0.4, -0.2) is 21.4 Å². The Morgan fingerprint density at radius 1 is 1.10 bits per heavy atom. The third-order valence-corrected chi connectivity index (χ3v) is 5.07. The molecule has 0 radical (unpaired) electrons. The van der Waals surface area contributed by atoms with Gasteiger partial charge in [0.1, 0.15) is 11.4 Å². The summed E-state index contributed by atoms with van der Waals surface area (Å²) in [4.78, 5) is 25.9. The number of ether oxygens (including phenoxy) is 1. The van der Waals surface area contributed by atoms with E-state index in [9.17, 15) is 9.59 Å². The summed E-state index contributed by atoms with van der Waals surface area (Å²) in [6.07, 6.45) is -0.210. The van der Waals surface area contributed by atoms with Crippen molar-refractivity contribution < 1.29 is 9.53 Å². The number of benzene rings is 2. The van der Waals surface area contributed by atoms with Gasteiger partial charge in [0, 0.05) is 7.05 Å². The van der Waals surface area contributed by atoms with Gasteiger partial charge in [-0.2, -0.15) is 0 Å². The predicted octanol–water partition coefficient (Wildman–Crippen LogP) is 3.90. The smallest absolute Gasteiger partial charge is 0.295 e. The standard InChI is InChI=1S/C23H27N3O3/c1-6-19(29-20-13-12-15(2)14-16(20)3)22(27)24-21-17(4)25(5)26(23(21)28)18-10-8-7-9-11-18/h7-14,19H,6H2,1-5H3,(H,24,27)/t19-/m1/s1. The first-order chi connectivity index (χ1) is 13.8. The molecule has 0 saturated heterocycles. The van der Waals surface area contributed by atoms with Gasteiger partial charge >= 0.3 is 0 Å². The van der Waals surface area contributed by atoms with E-state index in [0.29, 0.717) is 17.9 Å². The minimum absolute atomic E-state index is 0.268. The van der Waals surface area contributed by atoms with Crippen molar-refractivity contribution in [2.24, 2.45) is 7.05 Å². The minimum Gasteiger partial charge on any atom is -0.480 e. The van der Waals surface area contributed by atoms with Crippen molar-refractivity contribution in [3.8, 4) is 11.4 Å². The molecule has 0 fully saturated rings. The Morgan fingerprint density at radius 2 is 1.79 bits per heavy atom. The van der Waals surface area contributed by atoms with E-state index < -0.39 is 6.10 Å². The second-order valence-electron chi connectivity index (χ2n) is 7.21. The number of carbonyl (C=O) groups is 1. The van der Waals surface area contributed by atoms with Gasteiger partial charge in [-0.15, -0.1) is 0 Å². The van der Waals surface area contributed by atoms with Crippen LogP contribution in [-0.2, 0) is 11.8 Å². The van der Waals surface area contributed by atoms with Crippen molar-refractivity contribution in [1.82, 2.24) is 9.36 Å². The molecular formula is C23H27N3O3. The maximum atomic E-state index is 13.0. The van der Waals surface area contributed by atoms with Crippen LogP contribution >= 0.6 is 0 Å². The highest BCUT2D eigenvalue weighted by Crippen LogP contribution is 2.22. The lowest BCUT2D eigenvalue weighted by molar-refractivity contribution is -0.122. The molecule has 1 N–H and O–H groups in total. The van der Waals surface area contributed by atoms with E-state index in [-0.39, 0.29) is 17.2 Å². The Bertz CT molecular complexity index is 1080. The van der Waals surface area contributed by atoms with Crippen molar-refractivity contribution in [3.63, 3.8) is 0 Å². The molecular weight excluding hydrogens is 366 g/mol. The summed E-state index contributed by atoms with van der Waals surface area (Å²) in [7, 11) is 1.79. The number of anilines is 1. The third-order valence-electron chi connectivity index (χ3n) is 5.07. The number of aromatic nitrogens is 2. The Balaban J connectivity index is 1.87. The molecule has 0 unspecified atom stereocenters. The lowest BCUT2D eigenvalue weighted by Gasteiger charge is -2.18. The van der Waals surface area contributed by atoms with E-state index in [1.807, 2.05) is 76.2 Å². The Labute approximate surface area is 170 Å². The molecule has 1 aromatic heterocycles. The van der Waals surface area contributed by atoms with Gasteiger partial charge in [-0.25, -0.2) is 4.68 Å². The van der Waals surface area contributed by atoms with Crippen LogP contribution in [0.4, 0.5) is 5.69 Å². The number of rotatable bonds is 6. The zero-order valence-corrected chi connectivity index (χ0v) is 17.5. The molecule has 3 aromatic rings. The monoisotopic (exact) mass is 393 g/mol. The van der Waals surface area contributed by atoms with Crippen LogP contribution in [0.25, 0.3) is 5.69 Å². The molecule has 1 heterocycles. The summed E-state index contributed by atoms with van der Waals surface area (Å²) in [6.45, 7) is 7.65.